The molecule has 4 nitrogen and oxygen atoms in total. The zero-order valence-electron chi connectivity index (χ0n) is 11.1. The van der Waals surface area contributed by atoms with E-state index < -0.39 is 11.8 Å². The van der Waals surface area contributed by atoms with Gasteiger partial charge in [-0.25, -0.2) is 4.79 Å². The molecular weight excluding hydrogens is 244 g/mol. The Bertz CT molecular complexity index is 461. The number of benzene rings is 1. The van der Waals surface area contributed by atoms with Gasteiger partial charge in [0.15, 0.2) is 0 Å². The van der Waals surface area contributed by atoms with Gasteiger partial charge in [0.1, 0.15) is 5.75 Å². The van der Waals surface area contributed by atoms with Crippen LogP contribution < -0.4 is 4.74 Å². The zero-order chi connectivity index (χ0) is 13.7. The van der Waals surface area contributed by atoms with Crippen LogP contribution in [0.3, 0.4) is 0 Å². The third kappa shape index (κ3) is 3.34. The zero-order valence-corrected chi connectivity index (χ0v) is 11.1. The monoisotopic (exact) mass is 262 g/mol. The second-order valence-electron chi connectivity index (χ2n) is 4.57. The lowest BCUT2D eigenvalue weighted by molar-refractivity contribution is -0.137. The second-order valence-corrected chi connectivity index (χ2v) is 4.57. The molecule has 1 aromatic carbocycles. The van der Waals surface area contributed by atoms with Crippen molar-refractivity contribution in [3.63, 3.8) is 0 Å². The Hall–Kier alpha value is -1.84. The van der Waals surface area contributed by atoms with Crippen LogP contribution in [-0.4, -0.2) is 24.5 Å². The first-order chi connectivity index (χ1) is 9.22. The van der Waals surface area contributed by atoms with E-state index in [1.807, 2.05) is 0 Å². The van der Waals surface area contributed by atoms with Gasteiger partial charge < -0.3 is 9.47 Å². The molecule has 0 heterocycles. The molecule has 0 atom stereocenters. The number of ether oxygens (including phenoxy) is 2. The van der Waals surface area contributed by atoms with Gasteiger partial charge in [-0.05, 0) is 44.7 Å². The number of para-hydroxylation sites is 1. The van der Waals surface area contributed by atoms with Crippen LogP contribution in [0.2, 0.25) is 0 Å². The van der Waals surface area contributed by atoms with Crippen LogP contribution in [0.1, 0.15) is 43.0 Å². The van der Waals surface area contributed by atoms with E-state index in [-0.39, 0.29) is 18.3 Å². The van der Waals surface area contributed by atoms with Crippen molar-refractivity contribution in [3.05, 3.63) is 29.8 Å². The molecule has 0 aliphatic heterocycles. The molecule has 1 aliphatic rings. The molecule has 102 valence electrons. The summed E-state index contributed by atoms with van der Waals surface area (Å²) in [5, 5.41) is 0. The summed E-state index contributed by atoms with van der Waals surface area (Å²) in [6.45, 7) is 1.86. The highest BCUT2D eigenvalue weighted by molar-refractivity contribution is 6.41. The van der Waals surface area contributed by atoms with E-state index >= 15 is 0 Å². The highest BCUT2D eigenvalue weighted by Gasteiger charge is 2.24. The molecule has 1 fully saturated rings. The minimum Gasteiger partial charge on any atom is -0.490 e. The predicted octanol–water partition coefficient (Wildman–Crippen LogP) is 2.75. The number of carbonyl (C=O) groups excluding carboxylic acids is 2. The van der Waals surface area contributed by atoms with Crippen LogP contribution in [0.25, 0.3) is 0 Å². The molecule has 4 heteroatoms. The maximum atomic E-state index is 12.0. The van der Waals surface area contributed by atoms with Gasteiger partial charge in [-0.15, -0.1) is 0 Å². The van der Waals surface area contributed by atoms with Gasteiger partial charge in [-0.2, -0.15) is 0 Å². The normalized spacial score (nSPS) is 15.2. The van der Waals surface area contributed by atoms with Crippen molar-refractivity contribution in [2.45, 2.75) is 38.7 Å². The predicted molar refractivity (Wildman–Crippen MR) is 70.3 cm³/mol. The highest BCUT2D eigenvalue weighted by atomic mass is 16.5. The molecule has 0 amide bonds. The first kappa shape index (κ1) is 13.6. The Labute approximate surface area is 112 Å². The molecule has 0 radical (unpaired) electrons. The molecular formula is C15H18O4. The van der Waals surface area contributed by atoms with Crippen LogP contribution in [0.15, 0.2) is 24.3 Å². The van der Waals surface area contributed by atoms with Gasteiger partial charge in [0.2, 0.25) is 0 Å². The van der Waals surface area contributed by atoms with Gasteiger partial charge in [0, 0.05) is 0 Å². The third-order valence-corrected chi connectivity index (χ3v) is 3.19. The molecule has 1 saturated carbocycles. The fourth-order valence-corrected chi connectivity index (χ4v) is 2.25. The van der Waals surface area contributed by atoms with Gasteiger partial charge in [0.05, 0.1) is 18.3 Å². The Kier molecular flexibility index (Phi) is 4.55. The summed E-state index contributed by atoms with van der Waals surface area (Å²) < 4.78 is 10.6. The number of Topliss-reactive ketones (excluding diaryl/α,β-unsaturated/α-hetero) is 1. The highest BCUT2D eigenvalue weighted by Crippen LogP contribution is 2.27. The maximum absolute atomic E-state index is 12.0. The summed E-state index contributed by atoms with van der Waals surface area (Å²) in [5.41, 5.74) is 0.285. The average Bonchev–Trinajstić information content (AvgIpc) is 2.92. The van der Waals surface area contributed by atoms with Crippen molar-refractivity contribution in [1.29, 1.82) is 0 Å². The van der Waals surface area contributed by atoms with Crippen LogP contribution in [0.4, 0.5) is 0 Å². The van der Waals surface area contributed by atoms with Gasteiger partial charge >= 0.3 is 5.97 Å². The lowest BCUT2D eigenvalue weighted by Crippen LogP contribution is -2.20. The fourth-order valence-electron chi connectivity index (χ4n) is 2.25. The van der Waals surface area contributed by atoms with E-state index in [1.54, 1.807) is 31.2 Å². The van der Waals surface area contributed by atoms with Gasteiger partial charge in [0.25, 0.3) is 5.78 Å². The first-order valence-corrected chi connectivity index (χ1v) is 6.69. The summed E-state index contributed by atoms with van der Waals surface area (Å²) in [7, 11) is 0. The molecule has 0 spiro atoms. The Morgan fingerprint density at radius 1 is 1.21 bits per heavy atom. The minimum absolute atomic E-state index is 0.149. The molecule has 0 bridgehead atoms. The number of carbonyl (C=O) groups is 2. The smallest absolute Gasteiger partial charge is 0.379 e. The van der Waals surface area contributed by atoms with Crippen molar-refractivity contribution in [3.8, 4) is 5.75 Å². The largest absolute Gasteiger partial charge is 0.490 e. The molecule has 0 N–H and O–H groups in total. The van der Waals surface area contributed by atoms with Gasteiger partial charge in [-0.3, -0.25) is 4.79 Å². The average molecular weight is 262 g/mol. The van der Waals surface area contributed by atoms with E-state index in [4.69, 9.17) is 9.47 Å². The number of ketones is 1. The summed E-state index contributed by atoms with van der Waals surface area (Å²) in [6.07, 6.45) is 4.46. The first-order valence-electron chi connectivity index (χ1n) is 6.69. The van der Waals surface area contributed by atoms with Crippen LogP contribution in [0, 0.1) is 0 Å². The lowest BCUT2D eigenvalue weighted by atomic mass is 10.1. The number of hydrogen-bond acceptors (Lipinski definition) is 4. The Balaban J connectivity index is 2.15. The molecule has 0 unspecified atom stereocenters. The van der Waals surface area contributed by atoms with E-state index in [1.165, 1.54) is 0 Å². The van der Waals surface area contributed by atoms with E-state index in [0.29, 0.717) is 5.75 Å². The summed E-state index contributed by atoms with van der Waals surface area (Å²) >= 11 is 0. The summed E-state index contributed by atoms with van der Waals surface area (Å²) in [6, 6.07) is 6.84. The lowest BCUT2D eigenvalue weighted by Gasteiger charge is -2.15. The second kappa shape index (κ2) is 6.36. The van der Waals surface area contributed by atoms with E-state index in [2.05, 4.69) is 0 Å². The standard InChI is InChI=1S/C15H18O4/c1-2-18-15(17)14(16)12-9-5-6-10-13(12)19-11-7-3-4-8-11/h5-6,9-11H,2-4,7-8H2,1H3. The number of rotatable bonds is 5. The molecule has 19 heavy (non-hydrogen) atoms. The van der Waals surface area contributed by atoms with Crippen molar-refractivity contribution < 1.29 is 19.1 Å². The third-order valence-electron chi connectivity index (χ3n) is 3.19. The van der Waals surface area contributed by atoms with Crippen molar-refractivity contribution in [2.75, 3.05) is 6.61 Å². The van der Waals surface area contributed by atoms with E-state index in [9.17, 15) is 9.59 Å². The topological polar surface area (TPSA) is 52.6 Å². The summed E-state index contributed by atoms with van der Waals surface area (Å²) in [4.78, 5) is 23.5. The SMILES string of the molecule is CCOC(=O)C(=O)c1ccccc1OC1CCCC1. The maximum Gasteiger partial charge on any atom is 0.379 e. The Morgan fingerprint density at radius 2 is 1.89 bits per heavy atom. The van der Waals surface area contributed by atoms with Crippen LogP contribution >= 0.6 is 0 Å². The minimum atomic E-state index is -0.829. The molecule has 2 rings (SSSR count). The fraction of sp³-hybridized carbons (Fsp3) is 0.467. The Morgan fingerprint density at radius 3 is 2.58 bits per heavy atom. The van der Waals surface area contributed by atoms with Gasteiger partial charge in [-0.1, -0.05) is 12.1 Å². The van der Waals surface area contributed by atoms with Crippen molar-refractivity contribution >= 4 is 11.8 Å². The molecule has 0 saturated heterocycles. The number of esters is 1. The van der Waals surface area contributed by atoms with Crippen LogP contribution in [0.5, 0.6) is 5.75 Å². The molecule has 1 aromatic rings. The summed E-state index contributed by atoms with van der Waals surface area (Å²) in [5.74, 6) is -0.993. The molecule has 1 aliphatic carbocycles. The van der Waals surface area contributed by atoms with Crippen LogP contribution in [-0.2, 0) is 9.53 Å². The quantitative estimate of drug-likeness (QED) is 0.465. The number of hydrogen-bond donors (Lipinski definition) is 0. The van der Waals surface area contributed by atoms with Crippen molar-refractivity contribution in [1.82, 2.24) is 0 Å². The van der Waals surface area contributed by atoms with E-state index in [0.717, 1.165) is 25.7 Å². The van der Waals surface area contributed by atoms with Crippen molar-refractivity contribution in [2.24, 2.45) is 0 Å². The molecule has 0 aromatic heterocycles.